The van der Waals surface area contributed by atoms with Crippen molar-refractivity contribution in [2.75, 3.05) is 31.6 Å². The molecule has 7 heteroatoms. The topological polar surface area (TPSA) is 70.7 Å². The van der Waals surface area contributed by atoms with Gasteiger partial charge < -0.3 is 15.4 Å². The number of hydrogen-bond acceptors (Lipinski definition) is 5. The first-order valence-electron chi connectivity index (χ1n) is 9.57. The zero-order valence-corrected chi connectivity index (χ0v) is 17.1. The van der Waals surface area contributed by atoms with Crippen LogP contribution >= 0.6 is 11.3 Å². The van der Waals surface area contributed by atoms with E-state index >= 15 is 0 Å². The molecule has 1 aromatic heterocycles. The van der Waals surface area contributed by atoms with Crippen LogP contribution in [0.1, 0.15) is 29.1 Å². The number of thiophene rings is 1. The summed E-state index contributed by atoms with van der Waals surface area (Å²) in [6, 6.07) is 10.9. The summed E-state index contributed by atoms with van der Waals surface area (Å²) in [6.45, 7) is 8.17. The highest BCUT2D eigenvalue weighted by Crippen LogP contribution is 2.15. The first kappa shape index (κ1) is 20.5. The molecule has 0 spiro atoms. The Kier molecular flexibility index (Phi) is 7.19. The summed E-state index contributed by atoms with van der Waals surface area (Å²) in [5.74, 6) is -0.449. The number of anilines is 1. The molecule has 1 fully saturated rings. The molecule has 1 saturated heterocycles. The zero-order valence-electron chi connectivity index (χ0n) is 16.3. The molecule has 2 N–H and O–H groups in total. The molecule has 1 unspecified atom stereocenters. The highest BCUT2D eigenvalue weighted by molar-refractivity contribution is 7.12. The van der Waals surface area contributed by atoms with E-state index in [0.717, 1.165) is 38.5 Å². The summed E-state index contributed by atoms with van der Waals surface area (Å²) < 4.78 is 5.37. The number of morpholine rings is 1. The van der Waals surface area contributed by atoms with Crippen molar-refractivity contribution in [1.29, 1.82) is 0 Å². The third kappa shape index (κ3) is 5.64. The number of amides is 2. The van der Waals surface area contributed by atoms with Gasteiger partial charge in [0.15, 0.2) is 0 Å². The van der Waals surface area contributed by atoms with Gasteiger partial charge in [0.1, 0.15) is 6.04 Å². The summed E-state index contributed by atoms with van der Waals surface area (Å²) in [6.07, 6.45) is 0. The number of nitrogens with one attached hydrogen (secondary N) is 2. The van der Waals surface area contributed by atoms with Crippen molar-refractivity contribution in [2.45, 2.75) is 26.4 Å². The zero-order chi connectivity index (χ0) is 19.9. The lowest BCUT2D eigenvalue weighted by Gasteiger charge is -2.26. The Labute approximate surface area is 169 Å². The van der Waals surface area contributed by atoms with E-state index in [1.807, 2.05) is 49.6 Å². The molecule has 28 heavy (non-hydrogen) atoms. The fourth-order valence-corrected chi connectivity index (χ4v) is 3.71. The van der Waals surface area contributed by atoms with Crippen molar-refractivity contribution in [2.24, 2.45) is 5.92 Å². The molecular formula is C21H27N3O3S. The third-order valence-electron chi connectivity index (χ3n) is 4.71. The molecule has 1 aromatic carbocycles. The van der Waals surface area contributed by atoms with Crippen LogP contribution in [0.15, 0.2) is 41.8 Å². The summed E-state index contributed by atoms with van der Waals surface area (Å²) in [5, 5.41) is 7.61. The SMILES string of the molecule is CC(C)C(NC(=O)c1cccs1)C(=O)Nc1ccc(CN2CCOCC2)cc1. The van der Waals surface area contributed by atoms with Crippen LogP contribution in [-0.2, 0) is 16.1 Å². The molecule has 150 valence electrons. The maximum absolute atomic E-state index is 12.7. The van der Waals surface area contributed by atoms with E-state index in [1.165, 1.54) is 16.9 Å². The van der Waals surface area contributed by atoms with Crippen LogP contribution in [0.2, 0.25) is 0 Å². The predicted molar refractivity (Wildman–Crippen MR) is 112 cm³/mol. The van der Waals surface area contributed by atoms with E-state index in [4.69, 9.17) is 4.74 Å². The maximum Gasteiger partial charge on any atom is 0.262 e. The number of carbonyl (C=O) groups is 2. The van der Waals surface area contributed by atoms with Crippen LogP contribution in [0.25, 0.3) is 0 Å². The minimum absolute atomic E-state index is 0.0236. The monoisotopic (exact) mass is 401 g/mol. The minimum Gasteiger partial charge on any atom is -0.379 e. The molecule has 0 saturated carbocycles. The van der Waals surface area contributed by atoms with E-state index in [-0.39, 0.29) is 17.7 Å². The van der Waals surface area contributed by atoms with Crippen molar-refractivity contribution < 1.29 is 14.3 Å². The number of hydrogen-bond donors (Lipinski definition) is 2. The van der Waals surface area contributed by atoms with Crippen molar-refractivity contribution in [3.63, 3.8) is 0 Å². The Hall–Kier alpha value is -2.22. The Balaban J connectivity index is 1.57. The molecule has 2 amide bonds. The lowest BCUT2D eigenvalue weighted by Crippen LogP contribution is -2.46. The van der Waals surface area contributed by atoms with Gasteiger partial charge in [-0.15, -0.1) is 11.3 Å². The average Bonchev–Trinajstić information content (AvgIpc) is 3.23. The first-order valence-corrected chi connectivity index (χ1v) is 10.4. The van der Waals surface area contributed by atoms with Gasteiger partial charge in [-0.2, -0.15) is 0 Å². The van der Waals surface area contributed by atoms with Crippen molar-refractivity contribution in [1.82, 2.24) is 10.2 Å². The van der Waals surface area contributed by atoms with E-state index < -0.39 is 6.04 Å². The van der Waals surface area contributed by atoms with Gasteiger partial charge in [-0.05, 0) is 35.1 Å². The maximum atomic E-state index is 12.7. The van der Waals surface area contributed by atoms with Crippen LogP contribution < -0.4 is 10.6 Å². The normalized spacial score (nSPS) is 16.0. The second-order valence-electron chi connectivity index (χ2n) is 7.25. The van der Waals surface area contributed by atoms with Crippen molar-refractivity contribution >= 4 is 28.8 Å². The average molecular weight is 402 g/mol. The van der Waals surface area contributed by atoms with Crippen LogP contribution in [0.3, 0.4) is 0 Å². The molecule has 6 nitrogen and oxygen atoms in total. The summed E-state index contributed by atoms with van der Waals surface area (Å²) in [5.41, 5.74) is 1.93. The van der Waals surface area contributed by atoms with Crippen LogP contribution in [0.4, 0.5) is 5.69 Å². The summed E-state index contributed by atoms with van der Waals surface area (Å²) in [4.78, 5) is 28.0. The Bertz CT molecular complexity index is 769. The molecule has 1 aliphatic rings. The standard InChI is InChI=1S/C21H27N3O3S/c1-15(2)19(23-20(25)18-4-3-13-28-18)21(26)22-17-7-5-16(6-8-17)14-24-9-11-27-12-10-24/h3-8,13,15,19H,9-12,14H2,1-2H3,(H,22,26)(H,23,25). The molecule has 0 bridgehead atoms. The molecular weight excluding hydrogens is 374 g/mol. The largest absolute Gasteiger partial charge is 0.379 e. The minimum atomic E-state index is -0.595. The summed E-state index contributed by atoms with van der Waals surface area (Å²) >= 11 is 1.36. The molecule has 0 radical (unpaired) electrons. The first-order chi connectivity index (χ1) is 13.5. The van der Waals surface area contributed by atoms with Gasteiger partial charge in [-0.1, -0.05) is 32.0 Å². The second-order valence-corrected chi connectivity index (χ2v) is 8.19. The molecule has 1 atom stereocenters. The Morgan fingerprint density at radius 3 is 2.46 bits per heavy atom. The highest BCUT2D eigenvalue weighted by atomic mass is 32.1. The van der Waals surface area contributed by atoms with Crippen molar-refractivity contribution in [3.8, 4) is 0 Å². The lowest BCUT2D eigenvalue weighted by atomic mass is 10.0. The lowest BCUT2D eigenvalue weighted by molar-refractivity contribution is -0.118. The number of rotatable bonds is 7. The fraction of sp³-hybridized carbons (Fsp3) is 0.429. The van der Waals surface area contributed by atoms with E-state index in [1.54, 1.807) is 6.07 Å². The van der Waals surface area contributed by atoms with Gasteiger partial charge >= 0.3 is 0 Å². The van der Waals surface area contributed by atoms with E-state index in [9.17, 15) is 9.59 Å². The quantitative estimate of drug-likeness (QED) is 0.748. The molecule has 2 aromatic rings. The molecule has 2 heterocycles. The summed E-state index contributed by atoms with van der Waals surface area (Å²) in [7, 11) is 0. The van der Waals surface area contributed by atoms with Gasteiger partial charge in [0, 0.05) is 25.3 Å². The number of nitrogens with zero attached hydrogens (tertiary/aromatic N) is 1. The number of carbonyl (C=O) groups excluding carboxylic acids is 2. The van der Waals surface area contributed by atoms with Gasteiger partial charge in [0.25, 0.3) is 5.91 Å². The third-order valence-corrected chi connectivity index (χ3v) is 5.58. The number of benzene rings is 1. The second kappa shape index (κ2) is 9.82. The highest BCUT2D eigenvalue weighted by Gasteiger charge is 2.25. The Morgan fingerprint density at radius 2 is 1.86 bits per heavy atom. The van der Waals surface area contributed by atoms with Crippen LogP contribution in [-0.4, -0.2) is 49.1 Å². The van der Waals surface area contributed by atoms with Crippen molar-refractivity contribution in [3.05, 3.63) is 52.2 Å². The van der Waals surface area contributed by atoms with Gasteiger partial charge in [-0.25, -0.2) is 0 Å². The smallest absolute Gasteiger partial charge is 0.262 e. The van der Waals surface area contributed by atoms with Gasteiger partial charge in [0.05, 0.1) is 18.1 Å². The van der Waals surface area contributed by atoms with Gasteiger partial charge in [-0.3, -0.25) is 14.5 Å². The fourth-order valence-electron chi connectivity index (χ4n) is 3.09. The van der Waals surface area contributed by atoms with Crippen LogP contribution in [0.5, 0.6) is 0 Å². The van der Waals surface area contributed by atoms with E-state index in [0.29, 0.717) is 4.88 Å². The van der Waals surface area contributed by atoms with Gasteiger partial charge in [0.2, 0.25) is 5.91 Å². The van der Waals surface area contributed by atoms with E-state index in [2.05, 4.69) is 15.5 Å². The molecule has 0 aliphatic carbocycles. The number of ether oxygens (including phenoxy) is 1. The Morgan fingerprint density at radius 1 is 1.14 bits per heavy atom. The predicted octanol–water partition coefficient (Wildman–Crippen LogP) is 2.97. The van der Waals surface area contributed by atoms with Crippen LogP contribution in [0, 0.1) is 5.92 Å². The molecule has 1 aliphatic heterocycles. The molecule has 3 rings (SSSR count).